The molecule has 0 bridgehead atoms. The molecule has 12 nitrogen and oxygen atoms in total. The Hall–Kier alpha value is -5.18. The summed E-state index contributed by atoms with van der Waals surface area (Å²) in [7, 11) is 2.25. The van der Waals surface area contributed by atoms with Crippen molar-refractivity contribution in [2.45, 2.75) is 95.5 Å². The molecular weight excluding hydrogens is 725 g/mol. The van der Waals surface area contributed by atoms with Crippen molar-refractivity contribution in [2.24, 2.45) is 5.92 Å². The Balaban J connectivity index is 0.904. The molecule has 2 aliphatic heterocycles. The number of halogens is 3. The minimum absolute atomic E-state index is 0.217. The summed E-state index contributed by atoms with van der Waals surface area (Å²) in [6, 6.07) is 13.3. The van der Waals surface area contributed by atoms with E-state index in [0.717, 1.165) is 81.7 Å². The molecule has 0 radical (unpaired) electrons. The van der Waals surface area contributed by atoms with E-state index in [0.29, 0.717) is 47.8 Å². The van der Waals surface area contributed by atoms with E-state index in [2.05, 4.69) is 49.9 Å². The summed E-state index contributed by atoms with van der Waals surface area (Å²) in [5, 5.41) is 8.34. The third-order valence-corrected chi connectivity index (χ3v) is 11.2. The standard InChI is InChI=1S/C41H49F3N8O4/c1-25(2)56-35-21-37-47-33(23-52(37)24-34(35)48-39(54)31-5-4-6-36(46-31)41(42,43)44)27-9-7-26(8-10-27)22-50(3)29-17-19-51(20-18-29)30-13-11-28(12-14-30)45-32-15-16-38(53)49-40(32)55/h4-6,11-14,21,23-27,29,32,45H,7-10,15-20,22H2,1-3H3,(H,48,54)(H,49,53,55). The lowest BCUT2D eigenvalue weighted by molar-refractivity contribution is -0.141. The number of nitrogens with one attached hydrogen (secondary N) is 3. The Bertz CT molecular complexity index is 2040. The highest BCUT2D eigenvalue weighted by Gasteiger charge is 2.33. The smallest absolute Gasteiger partial charge is 0.433 e. The van der Waals surface area contributed by atoms with Crippen LogP contribution in [0.2, 0.25) is 0 Å². The molecular formula is C41H49F3N8O4. The second-order valence-electron chi connectivity index (χ2n) is 15.6. The molecule has 3 aromatic heterocycles. The van der Waals surface area contributed by atoms with Crippen LogP contribution in [0, 0.1) is 5.92 Å². The Morgan fingerprint density at radius 3 is 2.39 bits per heavy atom. The molecule has 2 saturated heterocycles. The first-order chi connectivity index (χ1) is 26.8. The number of carbonyl (C=O) groups excluding carboxylic acids is 3. The highest BCUT2D eigenvalue weighted by atomic mass is 19.4. The minimum atomic E-state index is -4.67. The van der Waals surface area contributed by atoms with Crippen molar-refractivity contribution in [3.63, 3.8) is 0 Å². The number of alkyl halides is 3. The van der Waals surface area contributed by atoms with Gasteiger partial charge in [0.1, 0.15) is 34.5 Å². The number of nitrogens with zero attached hydrogens (tertiary/aromatic N) is 5. The maximum Gasteiger partial charge on any atom is 0.433 e. The van der Waals surface area contributed by atoms with Crippen LogP contribution in [-0.4, -0.2) is 81.9 Å². The van der Waals surface area contributed by atoms with E-state index in [1.807, 2.05) is 36.6 Å². The number of benzene rings is 1. The second kappa shape index (κ2) is 16.5. The average molecular weight is 775 g/mol. The zero-order valence-corrected chi connectivity index (χ0v) is 31.9. The molecule has 7 rings (SSSR count). The number of aromatic nitrogens is 3. The molecule has 3 N–H and O–H groups in total. The number of carbonyl (C=O) groups is 3. The number of amides is 3. The zero-order chi connectivity index (χ0) is 39.6. The monoisotopic (exact) mass is 774 g/mol. The molecule has 5 heterocycles. The van der Waals surface area contributed by atoms with Gasteiger partial charge >= 0.3 is 6.18 Å². The number of hydrogen-bond donors (Lipinski definition) is 3. The third-order valence-electron chi connectivity index (χ3n) is 11.2. The normalized spacial score (nSPS) is 21.1. The lowest BCUT2D eigenvalue weighted by Gasteiger charge is -2.40. The molecule has 1 saturated carbocycles. The van der Waals surface area contributed by atoms with Gasteiger partial charge in [0.25, 0.3) is 5.91 Å². The third kappa shape index (κ3) is 9.26. The van der Waals surface area contributed by atoms with E-state index in [1.54, 1.807) is 12.3 Å². The molecule has 0 spiro atoms. The van der Waals surface area contributed by atoms with Gasteiger partial charge in [0.05, 0.1) is 11.8 Å². The fourth-order valence-electron chi connectivity index (χ4n) is 8.15. The number of fused-ring (bicyclic) bond motifs is 1. The van der Waals surface area contributed by atoms with E-state index in [9.17, 15) is 27.6 Å². The predicted octanol–water partition coefficient (Wildman–Crippen LogP) is 6.88. The van der Waals surface area contributed by atoms with E-state index < -0.39 is 23.8 Å². The van der Waals surface area contributed by atoms with Crippen LogP contribution in [0.15, 0.2) is 60.9 Å². The number of piperidine rings is 2. The van der Waals surface area contributed by atoms with Gasteiger partial charge in [-0.3, -0.25) is 19.7 Å². The maximum absolute atomic E-state index is 13.2. The summed E-state index contributed by atoms with van der Waals surface area (Å²) < 4.78 is 47.5. The van der Waals surface area contributed by atoms with E-state index in [1.165, 1.54) is 11.8 Å². The maximum atomic E-state index is 13.2. The average Bonchev–Trinajstić information content (AvgIpc) is 3.59. The molecule has 1 aliphatic carbocycles. The Morgan fingerprint density at radius 1 is 0.982 bits per heavy atom. The van der Waals surface area contributed by atoms with Crippen molar-refractivity contribution in [1.82, 2.24) is 24.6 Å². The fraction of sp³-hybridized carbons (Fsp3) is 0.488. The Kier molecular flexibility index (Phi) is 11.5. The first-order valence-corrected chi connectivity index (χ1v) is 19.5. The molecule has 1 aromatic carbocycles. The Morgan fingerprint density at radius 2 is 1.71 bits per heavy atom. The van der Waals surface area contributed by atoms with E-state index >= 15 is 0 Å². The molecule has 1 atom stereocenters. The van der Waals surface area contributed by atoms with Crippen LogP contribution in [-0.2, 0) is 15.8 Å². The van der Waals surface area contributed by atoms with Crippen molar-refractivity contribution in [3.8, 4) is 5.75 Å². The summed E-state index contributed by atoms with van der Waals surface area (Å²) in [5.41, 5.74) is 2.51. The van der Waals surface area contributed by atoms with Crippen LogP contribution < -0.4 is 25.6 Å². The van der Waals surface area contributed by atoms with Crippen LogP contribution in [0.4, 0.5) is 30.2 Å². The lowest BCUT2D eigenvalue weighted by Crippen LogP contribution is -2.47. The molecule has 56 heavy (non-hydrogen) atoms. The van der Waals surface area contributed by atoms with Gasteiger partial charge in [-0.25, -0.2) is 9.97 Å². The largest absolute Gasteiger partial charge is 0.489 e. The summed E-state index contributed by atoms with van der Waals surface area (Å²) in [6.07, 6.45) is 6.05. The summed E-state index contributed by atoms with van der Waals surface area (Å²) >= 11 is 0. The van der Waals surface area contributed by atoms with E-state index in [4.69, 9.17) is 9.72 Å². The quantitative estimate of drug-likeness (QED) is 0.140. The van der Waals surface area contributed by atoms with Crippen LogP contribution >= 0.6 is 0 Å². The number of anilines is 3. The van der Waals surface area contributed by atoms with Gasteiger partial charge in [0.15, 0.2) is 0 Å². The lowest BCUT2D eigenvalue weighted by atomic mass is 9.80. The summed E-state index contributed by atoms with van der Waals surface area (Å²) in [4.78, 5) is 50.0. The van der Waals surface area contributed by atoms with Gasteiger partial charge in [-0.15, -0.1) is 0 Å². The van der Waals surface area contributed by atoms with E-state index in [-0.39, 0.29) is 23.6 Å². The molecule has 3 amide bonds. The number of rotatable bonds is 11. The van der Waals surface area contributed by atoms with Crippen molar-refractivity contribution in [3.05, 3.63) is 78.0 Å². The topological polar surface area (TPSA) is 133 Å². The van der Waals surface area contributed by atoms with Crippen LogP contribution in [0.3, 0.4) is 0 Å². The summed E-state index contributed by atoms with van der Waals surface area (Å²) in [6.45, 7) is 6.73. The second-order valence-corrected chi connectivity index (χ2v) is 15.6. The van der Waals surface area contributed by atoms with Crippen molar-refractivity contribution < 1.29 is 32.3 Å². The first-order valence-electron chi connectivity index (χ1n) is 19.5. The van der Waals surface area contributed by atoms with Gasteiger partial charge < -0.3 is 29.6 Å². The number of pyridine rings is 2. The van der Waals surface area contributed by atoms with Crippen molar-refractivity contribution >= 4 is 40.4 Å². The zero-order valence-electron chi connectivity index (χ0n) is 31.9. The predicted molar refractivity (Wildman–Crippen MR) is 207 cm³/mol. The number of imide groups is 1. The SMILES string of the molecule is CC(C)Oc1cc2nc(C3CCC(CN(C)C4CCN(c5ccc(NC6CCC(=O)NC6=O)cc5)CC4)CC3)cn2cc1NC(=O)c1cccc(C(F)(F)F)n1. The van der Waals surface area contributed by atoms with Crippen LogP contribution in [0.5, 0.6) is 5.75 Å². The first kappa shape index (κ1) is 39.1. The molecule has 4 aromatic rings. The van der Waals surface area contributed by atoms with Gasteiger partial charge in [-0.2, -0.15) is 13.2 Å². The molecule has 3 fully saturated rings. The highest BCUT2D eigenvalue weighted by molar-refractivity contribution is 6.04. The molecule has 298 valence electrons. The van der Waals surface area contributed by atoms with Crippen LogP contribution in [0.1, 0.15) is 93.0 Å². The number of hydrogen-bond acceptors (Lipinski definition) is 9. The van der Waals surface area contributed by atoms with Gasteiger partial charge in [-0.1, -0.05) is 6.07 Å². The minimum Gasteiger partial charge on any atom is -0.489 e. The molecule has 15 heteroatoms. The number of imidazole rings is 1. The van der Waals surface area contributed by atoms with Gasteiger partial charge in [0.2, 0.25) is 11.8 Å². The van der Waals surface area contributed by atoms with Crippen LogP contribution in [0.25, 0.3) is 5.65 Å². The Labute approximate surface area is 324 Å². The highest BCUT2D eigenvalue weighted by Crippen LogP contribution is 2.38. The van der Waals surface area contributed by atoms with Gasteiger partial charge in [-0.05, 0) is 108 Å². The molecule has 3 aliphatic rings. The molecule has 1 unspecified atom stereocenters. The fourth-order valence-corrected chi connectivity index (χ4v) is 8.15. The summed E-state index contributed by atoms with van der Waals surface area (Å²) in [5.74, 6) is 0.0137. The number of ether oxygens (including phenoxy) is 1. The van der Waals surface area contributed by atoms with Crippen molar-refractivity contribution in [2.75, 3.05) is 42.2 Å². The van der Waals surface area contributed by atoms with Crippen molar-refractivity contribution in [1.29, 1.82) is 0 Å². The van der Waals surface area contributed by atoms with Gasteiger partial charge in [0, 0.05) is 67.8 Å².